The van der Waals surface area contributed by atoms with Gasteiger partial charge in [-0.25, -0.2) is 18.7 Å². The highest BCUT2D eigenvalue weighted by atomic mass is 19.2. The van der Waals surface area contributed by atoms with E-state index in [9.17, 15) is 18.4 Å². The van der Waals surface area contributed by atoms with Crippen LogP contribution in [0.2, 0.25) is 0 Å². The summed E-state index contributed by atoms with van der Waals surface area (Å²) in [4.78, 5) is 33.6. The van der Waals surface area contributed by atoms with E-state index in [1.165, 1.54) is 18.5 Å². The SMILES string of the molecule is CC1(C)CC(=O)c2c(ncnc2NC(=O)CC(N)C2CCc3cc(F)c(F)cc32)C1. The summed E-state index contributed by atoms with van der Waals surface area (Å²) >= 11 is 0. The Bertz CT molecular complexity index is 1040. The fourth-order valence-electron chi connectivity index (χ4n) is 4.60. The Kier molecular flexibility index (Phi) is 5.13. The van der Waals surface area contributed by atoms with Crippen LogP contribution in [0.3, 0.4) is 0 Å². The van der Waals surface area contributed by atoms with Crippen molar-refractivity contribution in [3.63, 3.8) is 0 Å². The lowest BCUT2D eigenvalue weighted by molar-refractivity contribution is -0.116. The third-order valence-electron chi connectivity index (χ3n) is 5.99. The zero-order valence-corrected chi connectivity index (χ0v) is 17.0. The molecule has 1 aromatic carbocycles. The molecule has 1 heterocycles. The number of Topliss-reactive ketones (excluding diaryl/α,β-unsaturated/α-hetero) is 1. The molecule has 1 amide bonds. The number of aromatic nitrogens is 2. The molecule has 0 spiro atoms. The lowest BCUT2D eigenvalue weighted by atomic mass is 9.76. The van der Waals surface area contributed by atoms with Crippen molar-refractivity contribution in [2.24, 2.45) is 11.1 Å². The monoisotopic (exact) mass is 414 g/mol. The summed E-state index contributed by atoms with van der Waals surface area (Å²) in [7, 11) is 0. The van der Waals surface area contributed by atoms with E-state index in [2.05, 4.69) is 15.3 Å². The third-order valence-corrected chi connectivity index (χ3v) is 5.99. The van der Waals surface area contributed by atoms with E-state index in [0.29, 0.717) is 42.5 Å². The van der Waals surface area contributed by atoms with Crippen LogP contribution in [-0.4, -0.2) is 27.7 Å². The number of carbonyl (C=O) groups excluding carboxylic acids is 2. The predicted octanol–water partition coefficient (Wildman–Crippen LogP) is 3.30. The number of hydrogen-bond donors (Lipinski definition) is 2. The first-order valence-corrected chi connectivity index (χ1v) is 10.0. The van der Waals surface area contributed by atoms with Gasteiger partial charge in [-0.2, -0.15) is 0 Å². The number of nitrogens with one attached hydrogen (secondary N) is 1. The number of halogens is 2. The molecule has 4 rings (SSSR count). The van der Waals surface area contributed by atoms with Gasteiger partial charge in [-0.05, 0) is 47.9 Å². The highest BCUT2D eigenvalue weighted by Crippen LogP contribution is 2.38. The molecule has 2 atom stereocenters. The summed E-state index contributed by atoms with van der Waals surface area (Å²) in [5.41, 5.74) is 8.46. The second kappa shape index (κ2) is 7.50. The number of aryl methyl sites for hydroxylation is 1. The van der Waals surface area contributed by atoms with Crippen molar-refractivity contribution in [2.75, 3.05) is 5.32 Å². The van der Waals surface area contributed by atoms with Gasteiger partial charge in [-0.1, -0.05) is 13.8 Å². The Morgan fingerprint density at radius 2 is 2.00 bits per heavy atom. The summed E-state index contributed by atoms with van der Waals surface area (Å²) in [6.07, 6.45) is 3.52. The molecule has 158 valence electrons. The Labute approximate surface area is 173 Å². The minimum Gasteiger partial charge on any atom is -0.327 e. The van der Waals surface area contributed by atoms with Crippen LogP contribution in [-0.2, 0) is 17.6 Å². The molecule has 0 radical (unpaired) electrons. The lowest BCUT2D eigenvalue weighted by Crippen LogP contribution is -2.33. The van der Waals surface area contributed by atoms with Gasteiger partial charge in [0.05, 0.1) is 11.3 Å². The van der Waals surface area contributed by atoms with E-state index in [1.54, 1.807) is 0 Å². The number of ketones is 1. The predicted molar refractivity (Wildman–Crippen MR) is 107 cm³/mol. The van der Waals surface area contributed by atoms with Crippen molar-refractivity contribution in [3.05, 3.63) is 52.5 Å². The van der Waals surface area contributed by atoms with Gasteiger partial charge in [0.1, 0.15) is 12.1 Å². The molecule has 30 heavy (non-hydrogen) atoms. The molecule has 8 heteroatoms. The molecule has 0 saturated heterocycles. The van der Waals surface area contributed by atoms with Crippen molar-refractivity contribution in [3.8, 4) is 0 Å². The smallest absolute Gasteiger partial charge is 0.227 e. The number of fused-ring (bicyclic) bond motifs is 2. The fraction of sp³-hybridized carbons (Fsp3) is 0.455. The van der Waals surface area contributed by atoms with Gasteiger partial charge in [0.25, 0.3) is 0 Å². The topological polar surface area (TPSA) is 98.0 Å². The normalized spacial score (nSPS) is 20.4. The van der Waals surface area contributed by atoms with Crippen molar-refractivity contribution >= 4 is 17.5 Å². The van der Waals surface area contributed by atoms with E-state index >= 15 is 0 Å². The van der Waals surface area contributed by atoms with E-state index in [1.807, 2.05) is 13.8 Å². The Morgan fingerprint density at radius 3 is 2.77 bits per heavy atom. The summed E-state index contributed by atoms with van der Waals surface area (Å²) in [6, 6.07) is 1.82. The molecule has 6 nitrogen and oxygen atoms in total. The van der Waals surface area contributed by atoms with Gasteiger partial charge in [0, 0.05) is 24.8 Å². The average Bonchev–Trinajstić information content (AvgIpc) is 3.03. The molecule has 0 saturated carbocycles. The molecule has 2 aromatic rings. The summed E-state index contributed by atoms with van der Waals surface area (Å²) in [6.45, 7) is 4.00. The molecule has 2 unspecified atom stereocenters. The van der Waals surface area contributed by atoms with Crippen LogP contribution < -0.4 is 11.1 Å². The Hall–Kier alpha value is -2.74. The molecule has 3 N–H and O–H groups in total. The zero-order valence-electron chi connectivity index (χ0n) is 17.0. The molecule has 0 aliphatic heterocycles. The first-order chi connectivity index (χ1) is 14.1. The number of carbonyl (C=O) groups is 2. The van der Waals surface area contributed by atoms with Gasteiger partial charge >= 0.3 is 0 Å². The van der Waals surface area contributed by atoms with Gasteiger partial charge in [0.2, 0.25) is 5.91 Å². The molecular weight excluding hydrogens is 390 g/mol. The average molecular weight is 414 g/mol. The molecule has 1 aromatic heterocycles. The van der Waals surface area contributed by atoms with Crippen molar-refractivity contribution in [2.45, 2.75) is 57.9 Å². The van der Waals surface area contributed by atoms with Crippen LogP contribution in [0.1, 0.15) is 66.2 Å². The second-order valence-corrected chi connectivity index (χ2v) is 9.01. The number of benzene rings is 1. The molecule has 2 aliphatic rings. The molecule has 0 bridgehead atoms. The van der Waals surface area contributed by atoms with Crippen molar-refractivity contribution in [1.29, 1.82) is 0 Å². The number of hydrogen-bond acceptors (Lipinski definition) is 5. The highest BCUT2D eigenvalue weighted by Gasteiger charge is 2.35. The quantitative estimate of drug-likeness (QED) is 0.800. The van der Waals surface area contributed by atoms with Gasteiger partial charge < -0.3 is 11.1 Å². The first kappa shape index (κ1) is 20.5. The van der Waals surface area contributed by atoms with Crippen LogP contribution in [0, 0.1) is 17.0 Å². The van der Waals surface area contributed by atoms with E-state index < -0.39 is 17.7 Å². The van der Waals surface area contributed by atoms with Crippen LogP contribution in [0.25, 0.3) is 0 Å². The maximum absolute atomic E-state index is 13.7. The molecule has 2 aliphatic carbocycles. The number of nitrogens with zero attached hydrogens (tertiary/aromatic N) is 2. The minimum atomic E-state index is -0.911. The van der Waals surface area contributed by atoms with Crippen molar-refractivity contribution in [1.82, 2.24) is 9.97 Å². The number of rotatable bonds is 4. The highest BCUT2D eigenvalue weighted by molar-refractivity contribution is 6.05. The van der Waals surface area contributed by atoms with E-state index in [4.69, 9.17) is 5.73 Å². The number of anilines is 1. The maximum atomic E-state index is 13.7. The summed E-state index contributed by atoms with van der Waals surface area (Å²) in [5.74, 6) is -2.28. The Balaban J connectivity index is 1.48. The van der Waals surface area contributed by atoms with E-state index in [-0.39, 0.29) is 35.3 Å². The van der Waals surface area contributed by atoms with Gasteiger partial charge in [-0.15, -0.1) is 0 Å². The summed E-state index contributed by atoms with van der Waals surface area (Å²) < 4.78 is 27.1. The van der Waals surface area contributed by atoms with Crippen LogP contribution in [0.4, 0.5) is 14.6 Å². The molecule has 0 fully saturated rings. The van der Waals surface area contributed by atoms with Crippen LogP contribution >= 0.6 is 0 Å². The zero-order chi connectivity index (χ0) is 21.6. The van der Waals surface area contributed by atoms with Gasteiger partial charge in [0.15, 0.2) is 17.4 Å². The Morgan fingerprint density at radius 1 is 1.27 bits per heavy atom. The standard InChI is InChI=1S/C22H24F2N4O2/c1-22(2)8-17-20(18(29)9-22)21(27-10-26-17)28-19(30)7-16(25)12-4-3-11-5-14(23)15(24)6-13(11)12/h5-6,10,12,16H,3-4,7-9,25H2,1-2H3,(H,26,27,28,30). The fourth-order valence-corrected chi connectivity index (χ4v) is 4.60. The largest absolute Gasteiger partial charge is 0.327 e. The number of nitrogens with two attached hydrogens (primary N) is 1. The maximum Gasteiger partial charge on any atom is 0.227 e. The summed E-state index contributed by atoms with van der Waals surface area (Å²) in [5, 5.41) is 2.70. The van der Waals surface area contributed by atoms with Gasteiger partial charge in [-0.3, -0.25) is 9.59 Å². The van der Waals surface area contributed by atoms with Crippen molar-refractivity contribution < 1.29 is 18.4 Å². The molecular formula is C22H24F2N4O2. The lowest BCUT2D eigenvalue weighted by Gasteiger charge is -2.29. The second-order valence-electron chi connectivity index (χ2n) is 9.01. The van der Waals surface area contributed by atoms with Crippen LogP contribution in [0.5, 0.6) is 0 Å². The number of amides is 1. The third kappa shape index (κ3) is 3.84. The van der Waals surface area contributed by atoms with E-state index in [0.717, 1.165) is 5.56 Å². The van der Waals surface area contributed by atoms with Crippen LogP contribution in [0.15, 0.2) is 18.5 Å². The minimum absolute atomic E-state index is 0.0262. The first-order valence-electron chi connectivity index (χ1n) is 10.0.